The van der Waals surface area contributed by atoms with Crippen LogP contribution in [0.1, 0.15) is 39.0 Å². The predicted molar refractivity (Wildman–Crippen MR) is 52.4 cm³/mol. The summed E-state index contributed by atoms with van der Waals surface area (Å²) in [4.78, 5) is 10.1. The minimum Gasteiger partial charge on any atom is -0.389 e. The molecular formula is C11H18O2. The summed E-state index contributed by atoms with van der Waals surface area (Å²) in [5.41, 5.74) is 1.10. The molecule has 0 bridgehead atoms. The van der Waals surface area contributed by atoms with Crippen molar-refractivity contribution in [3.8, 4) is 0 Å². The highest BCUT2D eigenvalue weighted by molar-refractivity contribution is 5.48. The van der Waals surface area contributed by atoms with Gasteiger partial charge in [-0.2, -0.15) is 0 Å². The topological polar surface area (TPSA) is 37.3 Å². The number of aldehydes is 1. The molecule has 74 valence electrons. The van der Waals surface area contributed by atoms with Crippen molar-refractivity contribution >= 4 is 6.29 Å². The third-order valence-electron chi connectivity index (χ3n) is 2.79. The molecule has 0 aromatic rings. The summed E-state index contributed by atoms with van der Waals surface area (Å²) in [5, 5.41) is 9.57. The summed E-state index contributed by atoms with van der Waals surface area (Å²) in [6.07, 6.45) is 7.50. The maximum absolute atomic E-state index is 10.1. The Hall–Kier alpha value is -0.630. The maximum atomic E-state index is 10.1. The SMILES string of the molecule is CC1=CCC(CCCC=O)CC1O. The molecule has 0 aromatic heterocycles. The number of carbonyl (C=O) groups is 1. The lowest BCUT2D eigenvalue weighted by atomic mass is 9.85. The highest BCUT2D eigenvalue weighted by atomic mass is 16.3. The zero-order valence-electron chi connectivity index (χ0n) is 8.20. The summed E-state index contributed by atoms with van der Waals surface area (Å²) in [5.74, 6) is 0.582. The molecule has 0 spiro atoms. The lowest BCUT2D eigenvalue weighted by molar-refractivity contribution is -0.108. The van der Waals surface area contributed by atoms with E-state index in [2.05, 4.69) is 6.08 Å². The Morgan fingerprint density at radius 2 is 2.46 bits per heavy atom. The van der Waals surface area contributed by atoms with Crippen molar-refractivity contribution in [3.05, 3.63) is 11.6 Å². The van der Waals surface area contributed by atoms with Gasteiger partial charge in [0.15, 0.2) is 0 Å². The molecule has 1 rings (SSSR count). The molecule has 0 fully saturated rings. The quantitative estimate of drug-likeness (QED) is 0.410. The first-order valence-corrected chi connectivity index (χ1v) is 5.02. The lowest BCUT2D eigenvalue weighted by Crippen LogP contribution is -2.19. The number of aliphatic hydroxyl groups is 1. The van der Waals surface area contributed by atoms with E-state index in [9.17, 15) is 9.90 Å². The van der Waals surface area contributed by atoms with E-state index in [-0.39, 0.29) is 6.10 Å². The van der Waals surface area contributed by atoms with Gasteiger partial charge in [-0.25, -0.2) is 0 Å². The fourth-order valence-electron chi connectivity index (χ4n) is 1.81. The number of unbranched alkanes of at least 4 members (excludes halogenated alkanes) is 1. The Morgan fingerprint density at radius 1 is 1.69 bits per heavy atom. The average molecular weight is 182 g/mol. The van der Waals surface area contributed by atoms with Gasteiger partial charge in [0.25, 0.3) is 0 Å². The standard InChI is InChI=1S/C11H18O2/c1-9-5-6-10(8-11(9)13)4-2-3-7-12/h5,7,10-11,13H,2-4,6,8H2,1H3. The maximum Gasteiger partial charge on any atom is 0.119 e. The minimum absolute atomic E-state index is 0.241. The van der Waals surface area contributed by atoms with E-state index < -0.39 is 0 Å². The molecule has 1 aliphatic carbocycles. The van der Waals surface area contributed by atoms with Gasteiger partial charge in [-0.05, 0) is 44.1 Å². The Kier molecular flexibility index (Phi) is 4.16. The van der Waals surface area contributed by atoms with Crippen LogP contribution in [0.5, 0.6) is 0 Å². The van der Waals surface area contributed by atoms with E-state index in [0.717, 1.165) is 37.5 Å². The van der Waals surface area contributed by atoms with Crippen LogP contribution in [0.25, 0.3) is 0 Å². The van der Waals surface area contributed by atoms with Crippen molar-refractivity contribution < 1.29 is 9.90 Å². The fraction of sp³-hybridized carbons (Fsp3) is 0.727. The van der Waals surface area contributed by atoms with Crippen molar-refractivity contribution in [3.63, 3.8) is 0 Å². The zero-order valence-corrected chi connectivity index (χ0v) is 8.20. The van der Waals surface area contributed by atoms with Gasteiger partial charge in [-0.3, -0.25) is 0 Å². The molecule has 1 N–H and O–H groups in total. The smallest absolute Gasteiger partial charge is 0.119 e. The predicted octanol–water partition coefficient (Wildman–Crippen LogP) is 2.07. The number of aliphatic hydroxyl groups excluding tert-OH is 1. The molecule has 2 nitrogen and oxygen atoms in total. The van der Waals surface area contributed by atoms with Gasteiger partial charge < -0.3 is 9.90 Å². The third-order valence-corrected chi connectivity index (χ3v) is 2.79. The Balaban J connectivity index is 2.26. The molecule has 0 heterocycles. The monoisotopic (exact) mass is 182 g/mol. The molecule has 1 aliphatic rings. The lowest BCUT2D eigenvalue weighted by Gasteiger charge is -2.24. The van der Waals surface area contributed by atoms with Crippen LogP contribution in [0.2, 0.25) is 0 Å². The second-order valence-electron chi connectivity index (χ2n) is 3.90. The molecule has 2 heteroatoms. The Bertz CT molecular complexity index is 196. The van der Waals surface area contributed by atoms with Crippen molar-refractivity contribution in [1.29, 1.82) is 0 Å². The molecule has 0 aromatic carbocycles. The van der Waals surface area contributed by atoms with Crippen LogP contribution in [0.15, 0.2) is 11.6 Å². The molecule has 0 radical (unpaired) electrons. The molecule has 2 atom stereocenters. The second kappa shape index (κ2) is 5.18. The molecule has 2 unspecified atom stereocenters. The number of hydrogen-bond acceptors (Lipinski definition) is 2. The fourth-order valence-corrected chi connectivity index (χ4v) is 1.81. The molecule has 0 saturated heterocycles. The number of allylic oxidation sites excluding steroid dienone is 1. The summed E-state index contributed by atoms with van der Waals surface area (Å²) in [6.45, 7) is 1.98. The van der Waals surface area contributed by atoms with Gasteiger partial charge in [0.05, 0.1) is 6.10 Å². The normalized spacial score (nSPS) is 28.3. The molecule has 0 amide bonds. The summed E-state index contributed by atoms with van der Waals surface area (Å²) < 4.78 is 0. The van der Waals surface area contributed by atoms with Crippen molar-refractivity contribution in [2.75, 3.05) is 0 Å². The van der Waals surface area contributed by atoms with Gasteiger partial charge in [0.1, 0.15) is 6.29 Å². The summed E-state index contributed by atoms with van der Waals surface area (Å²) in [7, 11) is 0. The van der Waals surface area contributed by atoms with Gasteiger partial charge in [0, 0.05) is 6.42 Å². The van der Waals surface area contributed by atoms with Crippen LogP contribution in [0.4, 0.5) is 0 Å². The Labute approximate surface area is 79.6 Å². The first-order valence-electron chi connectivity index (χ1n) is 5.02. The van der Waals surface area contributed by atoms with Crippen molar-refractivity contribution in [1.82, 2.24) is 0 Å². The van der Waals surface area contributed by atoms with E-state index in [0.29, 0.717) is 12.3 Å². The van der Waals surface area contributed by atoms with Crippen LogP contribution in [-0.2, 0) is 4.79 Å². The summed E-state index contributed by atoms with van der Waals surface area (Å²) in [6, 6.07) is 0. The summed E-state index contributed by atoms with van der Waals surface area (Å²) >= 11 is 0. The van der Waals surface area contributed by atoms with E-state index in [4.69, 9.17) is 0 Å². The van der Waals surface area contributed by atoms with Crippen molar-refractivity contribution in [2.24, 2.45) is 5.92 Å². The largest absolute Gasteiger partial charge is 0.389 e. The number of carbonyl (C=O) groups excluding carboxylic acids is 1. The third kappa shape index (κ3) is 3.31. The first kappa shape index (κ1) is 10.5. The van der Waals surface area contributed by atoms with Crippen LogP contribution in [0.3, 0.4) is 0 Å². The van der Waals surface area contributed by atoms with Gasteiger partial charge >= 0.3 is 0 Å². The van der Waals surface area contributed by atoms with Crippen LogP contribution in [-0.4, -0.2) is 17.5 Å². The number of hydrogen-bond donors (Lipinski definition) is 1. The Morgan fingerprint density at radius 3 is 3.08 bits per heavy atom. The minimum atomic E-state index is -0.241. The first-order chi connectivity index (χ1) is 6.24. The van der Waals surface area contributed by atoms with Gasteiger partial charge in [0.2, 0.25) is 0 Å². The molecule has 0 saturated carbocycles. The number of rotatable bonds is 4. The van der Waals surface area contributed by atoms with Gasteiger partial charge in [-0.1, -0.05) is 6.08 Å². The van der Waals surface area contributed by atoms with Gasteiger partial charge in [-0.15, -0.1) is 0 Å². The average Bonchev–Trinajstić information content (AvgIpc) is 2.12. The second-order valence-corrected chi connectivity index (χ2v) is 3.90. The van der Waals surface area contributed by atoms with Crippen LogP contribution >= 0.6 is 0 Å². The molecule has 0 aliphatic heterocycles. The van der Waals surface area contributed by atoms with E-state index in [1.165, 1.54) is 0 Å². The zero-order chi connectivity index (χ0) is 9.68. The van der Waals surface area contributed by atoms with Crippen molar-refractivity contribution in [2.45, 2.75) is 45.1 Å². The highest BCUT2D eigenvalue weighted by Gasteiger charge is 2.19. The van der Waals surface area contributed by atoms with E-state index >= 15 is 0 Å². The van der Waals surface area contributed by atoms with Crippen LogP contribution < -0.4 is 0 Å². The molecule has 13 heavy (non-hydrogen) atoms. The van der Waals surface area contributed by atoms with E-state index in [1.807, 2.05) is 6.92 Å². The molecular weight excluding hydrogens is 164 g/mol. The van der Waals surface area contributed by atoms with E-state index in [1.54, 1.807) is 0 Å². The highest BCUT2D eigenvalue weighted by Crippen LogP contribution is 2.27. The van der Waals surface area contributed by atoms with Crippen LogP contribution in [0, 0.1) is 5.92 Å².